The summed E-state index contributed by atoms with van der Waals surface area (Å²) in [4.78, 5) is 2.20. The molecule has 0 spiro atoms. The van der Waals surface area contributed by atoms with Crippen LogP contribution in [0.25, 0.3) is 0 Å². The van der Waals surface area contributed by atoms with Crippen molar-refractivity contribution in [3.05, 3.63) is 30.1 Å². The molecule has 0 aliphatic rings. The van der Waals surface area contributed by atoms with Gasteiger partial charge in [-0.3, -0.25) is 0 Å². The maximum atomic E-state index is 13.0. The van der Waals surface area contributed by atoms with Gasteiger partial charge in [0.25, 0.3) is 0 Å². The smallest absolute Gasteiger partial charge is 0.125 e. The molecule has 84 valence electrons. The van der Waals surface area contributed by atoms with Gasteiger partial charge in [-0.2, -0.15) is 0 Å². The molecule has 0 atom stereocenters. The first-order valence-electron chi connectivity index (χ1n) is 5.34. The van der Waals surface area contributed by atoms with Gasteiger partial charge in [0.15, 0.2) is 0 Å². The van der Waals surface area contributed by atoms with Gasteiger partial charge in [-0.25, -0.2) is 4.39 Å². The van der Waals surface area contributed by atoms with Crippen molar-refractivity contribution in [2.75, 3.05) is 23.3 Å². The van der Waals surface area contributed by atoms with Gasteiger partial charge in [-0.05, 0) is 38.0 Å². The third-order valence-corrected chi connectivity index (χ3v) is 2.93. The minimum Gasteiger partial charge on any atom is -0.372 e. The predicted molar refractivity (Wildman–Crippen MR) is 67.3 cm³/mol. The molecule has 0 aromatic heterocycles. The monoisotopic (exact) mass is 273 g/mol. The molecular weight excluding hydrogens is 257 g/mol. The fourth-order valence-electron chi connectivity index (χ4n) is 1.54. The van der Waals surface area contributed by atoms with Gasteiger partial charge >= 0.3 is 0 Å². The highest BCUT2D eigenvalue weighted by Crippen LogP contribution is 2.15. The highest BCUT2D eigenvalue weighted by Gasteiger charge is 2.04. The van der Waals surface area contributed by atoms with Crippen molar-refractivity contribution < 1.29 is 4.39 Å². The highest BCUT2D eigenvalue weighted by molar-refractivity contribution is 9.09. The van der Waals surface area contributed by atoms with Crippen LogP contribution >= 0.6 is 15.9 Å². The maximum absolute atomic E-state index is 13.0. The lowest BCUT2D eigenvalue weighted by Gasteiger charge is -2.22. The van der Waals surface area contributed by atoms with Crippen LogP contribution in [-0.2, 0) is 0 Å². The zero-order valence-electron chi connectivity index (χ0n) is 9.05. The van der Waals surface area contributed by atoms with Gasteiger partial charge in [0.2, 0.25) is 0 Å². The second-order valence-corrected chi connectivity index (χ2v) is 4.25. The van der Waals surface area contributed by atoms with E-state index in [1.807, 2.05) is 6.07 Å². The van der Waals surface area contributed by atoms with E-state index in [0.29, 0.717) is 0 Å². The Kier molecular flexibility index (Phi) is 5.69. The number of hydrogen-bond acceptors (Lipinski definition) is 1. The molecule has 1 nitrogen and oxygen atoms in total. The van der Waals surface area contributed by atoms with Crippen LogP contribution in [0.1, 0.15) is 19.8 Å². The minimum absolute atomic E-state index is 0.161. The van der Waals surface area contributed by atoms with Crippen molar-refractivity contribution in [2.45, 2.75) is 19.8 Å². The molecule has 0 heterocycles. The van der Waals surface area contributed by atoms with Crippen LogP contribution in [0.4, 0.5) is 10.1 Å². The van der Waals surface area contributed by atoms with E-state index in [2.05, 4.69) is 27.8 Å². The first-order chi connectivity index (χ1) is 7.27. The van der Waals surface area contributed by atoms with Crippen LogP contribution in [-0.4, -0.2) is 18.4 Å². The normalized spacial score (nSPS) is 10.3. The third-order valence-electron chi connectivity index (χ3n) is 2.37. The first kappa shape index (κ1) is 12.5. The SMILES string of the molecule is CCN(CCCCBr)c1cccc(F)c1. The summed E-state index contributed by atoms with van der Waals surface area (Å²) in [5.74, 6) is -0.161. The predicted octanol–water partition coefficient (Wildman–Crippen LogP) is 3.83. The number of anilines is 1. The van der Waals surface area contributed by atoms with Crippen LogP contribution in [0.5, 0.6) is 0 Å². The molecule has 0 aliphatic carbocycles. The number of nitrogens with zero attached hydrogens (tertiary/aromatic N) is 1. The number of rotatable bonds is 6. The van der Waals surface area contributed by atoms with Gasteiger partial charge in [-0.1, -0.05) is 22.0 Å². The molecule has 0 radical (unpaired) electrons. The van der Waals surface area contributed by atoms with Crippen molar-refractivity contribution in [3.8, 4) is 0 Å². The third kappa shape index (κ3) is 4.20. The average molecular weight is 274 g/mol. The summed E-state index contributed by atoms with van der Waals surface area (Å²) in [7, 11) is 0. The summed E-state index contributed by atoms with van der Waals surface area (Å²) >= 11 is 3.41. The van der Waals surface area contributed by atoms with E-state index >= 15 is 0 Å². The van der Waals surface area contributed by atoms with Crippen molar-refractivity contribution in [3.63, 3.8) is 0 Å². The van der Waals surface area contributed by atoms with Crippen LogP contribution < -0.4 is 4.90 Å². The molecule has 0 saturated heterocycles. The average Bonchev–Trinajstić information content (AvgIpc) is 2.24. The van der Waals surface area contributed by atoms with Crippen LogP contribution in [0.2, 0.25) is 0 Å². The Labute approximate surface area is 99.4 Å². The van der Waals surface area contributed by atoms with E-state index < -0.39 is 0 Å². The second kappa shape index (κ2) is 6.83. The van der Waals surface area contributed by atoms with Gasteiger partial charge in [-0.15, -0.1) is 0 Å². The molecule has 0 bridgehead atoms. The van der Waals surface area contributed by atoms with Crippen molar-refractivity contribution >= 4 is 21.6 Å². The molecule has 15 heavy (non-hydrogen) atoms. The van der Waals surface area contributed by atoms with E-state index in [1.165, 1.54) is 6.07 Å². The van der Waals surface area contributed by atoms with Crippen molar-refractivity contribution in [1.82, 2.24) is 0 Å². The van der Waals surface area contributed by atoms with Crippen LogP contribution in [0.3, 0.4) is 0 Å². The summed E-state index contributed by atoms with van der Waals surface area (Å²) in [6.45, 7) is 4.01. The fourth-order valence-corrected chi connectivity index (χ4v) is 1.94. The topological polar surface area (TPSA) is 3.24 Å². The largest absolute Gasteiger partial charge is 0.372 e. The summed E-state index contributed by atoms with van der Waals surface area (Å²) in [6, 6.07) is 6.80. The van der Waals surface area contributed by atoms with E-state index in [1.54, 1.807) is 12.1 Å². The molecule has 0 aliphatic heterocycles. The number of benzene rings is 1. The molecule has 3 heteroatoms. The minimum atomic E-state index is -0.161. The fraction of sp³-hybridized carbons (Fsp3) is 0.500. The van der Waals surface area contributed by atoms with E-state index in [0.717, 1.165) is 36.9 Å². The molecule has 0 amide bonds. The summed E-state index contributed by atoms with van der Waals surface area (Å²) in [5, 5.41) is 1.04. The molecule has 1 aromatic carbocycles. The van der Waals surface area contributed by atoms with Gasteiger partial charge in [0, 0.05) is 24.1 Å². The molecule has 0 saturated carbocycles. The zero-order valence-corrected chi connectivity index (χ0v) is 10.6. The van der Waals surface area contributed by atoms with Crippen LogP contribution in [0.15, 0.2) is 24.3 Å². The number of alkyl halides is 1. The first-order valence-corrected chi connectivity index (χ1v) is 6.46. The molecule has 0 fully saturated rings. The standard InChI is InChI=1S/C12H17BrFN/c1-2-15(9-4-3-8-13)12-7-5-6-11(14)10-12/h5-7,10H,2-4,8-9H2,1H3. The quantitative estimate of drug-likeness (QED) is 0.563. The highest BCUT2D eigenvalue weighted by atomic mass is 79.9. The number of unbranched alkanes of at least 4 members (excludes halogenated alkanes) is 1. The molecule has 1 rings (SSSR count). The Morgan fingerprint density at radius 1 is 1.33 bits per heavy atom. The zero-order chi connectivity index (χ0) is 11.1. The number of hydrogen-bond donors (Lipinski definition) is 0. The number of halogens is 2. The Morgan fingerprint density at radius 2 is 2.13 bits per heavy atom. The molecule has 1 aromatic rings. The van der Waals surface area contributed by atoms with Crippen molar-refractivity contribution in [1.29, 1.82) is 0 Å². The van der Waals surface area contributed by atoms with Crippen LogP contribution in [0, 0.1) is 5.82 Å². The van der Waals surface area contributed by atoms with E-state index in [-0.39, 0.29) is 5.82 Å². The van der Waals surface area contributed by atoms with Gasteiger partial charge < -0.3 is 4.90 Å². The van der Waals surface area contributed by atoms with E-state index in [4.69, 9.17) is 0 Å². The molecular formula is C12H17BrFN. The lowest BCUT2D eigenvalue weighted by molar-refractivity contribution is 0.626. The molecule has 0 N–H and O–H groups in total. The Morgan fingerprint density at radius 3 is 2.73 bits per heavy atom. The van der Waals surface area contributed by atoms with Gasteiger partial charge in [0.1, 0.15) is 5.82 Å². The maximum Gasteiger partial charge on any atom is 0.125 e. The second-order valence-electron chi connectivity index (χ2n) is 3.46. The summed E-state index contributed by atoms with van der Waals surface area (Å²) in [5.41, 5.74) is 0.979. The lowest BCUT2D eigenvalue weighted by Crippen LogP contribution is -2.23. The Hall–Kier alpha value is -0.570. The molecule has 0 unspecified atom stereocenters. The van der Waals surface area contributed by atoms with Crippen molar-refractivity contribution in [2.24, 2.45) is 0 Å². The van der Waals surface area contributed by atoms with Gasteiger partial charge in [0.05, 0.1) is 0 Å². The summed E-state index contributed by atoms with van der Waals surface area (Å²) in [6.07, 6.45) is 2.29. The Balaban J connectivity index is 2.57. The summed E-state index contributed by atoms with van der Waals surface area (Å²) < 4.78 is 13.0. The lowest BCUT2D eigenvalue weighted by atomic mass is 10.2. The Bertz CT molecular complexity index is 291. The van der Waals surface area contributed by atoms with E-state index in [9.17, 15) is 4.39 Å².